The van der Waals surface area contributed by atoms with Crippen LogP contribution in [0.1, 0.15) is 68.6 Å². The molecule has 0 aromatic heterocycles. The lowest BCUT2D eigenvalue weighted by Crippen LogP contribution is -2.45. The second-order valence-electron chi connectivity index (χ2n) is 7.71. The summed E-state index contributed by atoms with van der Waals surface area (Å²) in [4.78, 5) is 17.8. The maximum atomic E-state index is 13.1. The molecule has 0 radical (unpaired) electrons. The van der Waals surface area contributed by atoms with Crippen molar-refractivity contribution in [2.75, 3.05) is 32.8 Å². The quantitative estimate of drug-likeness (QED) is 0.667. The number of likely N-dealkylation sites (tertiary alicyclic amines) is 2. The molecule has 27 heavy (non-hydrogen) atoms. The second kappa shape index (κ2) is 11.6. The summed E-state index contributed by atoms with van der Waals surface area (Å²) in [6.07, 6.45) is 9.68. The van der Waals surface area contributed by atoms with Crippen LogP contribution in [0.15, 0.2) is 24.3 Å². The fourth-order valence-corrected chi connectivity index (χ4v) is 4.16. The molecular weight excluding hydrogens is 360 g/mol. The predicted octanol–water partition coefficient (Wildman–Crippen LogP) is 4.77. The van der Waals surface area contributed by atoms with Crippen LogP contribution in [-0.2, 0) is 0 Å². The molecule has 2 aliphatic heterocycles. The van der Waals surface area contributed by atoms with Gasteiger partial charge < -0.3 is 14.5 Å². The van der Waals surface area contributed by atoms with Crippen molar-refractivity contribution in [2.24, 2.45) is 0 Å². The molecule has 2 fully saturated rings. The molecule has 4 nitrogen and oxygen atoms in total. The Kier molecular flexibility index (Phi) is 9.43. The summed E-state index contributed by atoms with van der Waals surface area (Å²) >= 11 is 0. The van der Waals surface area contributed by atoms with Gasteiger partial charge >= 0.3 is 0 Å². The highest BCUT2D eigenvalue weighted by atomic mass is 35.5. The van der Waals surface area contributed by atoms with Crippen LogP contribution in [0.25, 0.3) is 0 Å². The van der Waals surface area contributed by atoms with Crippen LogP contribution in [0.2, 0.25) is 0 Å². The Morgan fingerprint density at radius 2 is 1.74 bits per heavy atom. The molecule has 0 N–H and O–H groups in total. The van der Waals surface area contributed by atoms with Crippen molar-refractivity contribution < 1.29 is 9.53 Å². The van der Waals surface area contributed by atoms with Crippen molar-refractivity contribution in [1.29, 1.82) is 0 Å². The molecule has 2 aliphatic rings. The van der Waals surface area contributed by atoms with Crippen LogP contribution < -0.4 is 4.74 Å². The van der Waals surface area contributed by atoms with E-state index in [2.05, 4.69) is 16.7 Å². The van der Waals surface area contributed by atoms with Crippen LogP contribution in [0.5, 0.6) is 5.75 Å². The molecule has 1 amide bonds. The van der Waals surface area contributed by atoms with Crippen LogP contribution in [0, 0.1) is 0 Å². The lowest BCUT2D eigenvalue weighted by atomic mass is 9.97. The van der Waals surface area contributed by atoms with Gasteiger partial charge in [0.05, 0.1) is 6.61 Å². The molecule has 2 heterocycles. The minimum absolute atomic E-state index is 0. The molecule has 3 rings (SSSR count). The maximum absolute atomic E-state index is 13.1. The fraction of sp³-hybridized carbons (Fsp3) is 0.682. The average Bonchev–Trinajstić information content (AvgIpc) is 2.71. The zero-order valence-electron chi connectivity index (χ0n) is 16.7. The van der Waals surface area contributed by atoms with Gasteiger partial charge in [-0.15, -0.1) is 12.4 Å². The summed E-state index contributed by atoms with van der Waals surface area (Å²) in [6.45, 7) is 7.33. The van der Waals surface area contributed by atoms with E-state index in [-0.39, 0.29) is 18.3 Å². The largest absolute Gasteiger partial charge is 0.494 e. The van der Waals surface area contributed by atoms with E-state index in [0.717, 1.165) is 56.7 Å². The van der Waals surface area contributed by atoms with Crippen molar-refractivity contribution in [2.45, 2.75) is 64.3 Å². The van der Waals surface area contributed by atoms with Crippen LogP contribution >= 0.6 is 12.4 Å². The first-order valence-electron chi connectivity index (χ1n) is 10.5. The minimum Gasteiger partial charge on any atom is -0.494 e. The SMILES string of the molecule is CCCOc1ccc(C(=O)N2CCCCC2CCN2CCCCC2)cc1.Cl. The van der Waals surface area contributed by atoms with Gasteiger partial charge in [-0.2, -0.15) is 0 Å². The summed E-state index contributed by atoms with van der Waals surface area (Å²) in [7, 11) is 0. The Balaban J connectivity index is 0.00000261. The van der Waals surface area contributed by atoms with Gasteiger partial charge in [0.2, 0.25) is 0 Å². The number of carbonyl (C=O) groups excluding carboxylic acids is 1. The Hall–Kier alpha value is -1.26. The highest BCUT2D eigenvalue weighted by Gasteiger charge is 2.28. The van der Waals surface area contributed by atoms with Gasteiger partial charge in [-0.3, -0.25) is 4.79 Å². The molecule has 0 aliphatic carbocycles. The van der Waals surface area contributed by atoms with Crippen LogP contribution in [0.3, 0.4) is 0 Å². The summed E-state index contributed by atoms with van der Waals surface area (Å²) in [5, 5.41) is 0. The Bertz CT molecular complexity index is 558. The molecule has 1 aromatic rings. The number of rotatable bonds is 7. The van der Waals surface area contributed by atoms with Crippen molar-refractivity contribution in [3.05, 3.63) is 29.8 Å². The summed E-state index contributed by atoms with van der Waals surface area (Å²) < 4.78 is 5.63. The first-order valence-corrected chi connectivity index (χ1v) is 10.5. The molecule has 0 bridgehead atoms. The number of carbonyl (C=O) groups is 1. The van der Waals surface area contributed by atoms with Crippen molar-refractivity contribution in [1.82, 2.24) is 9.80 Å². The first-order chi connectivity index (χ1) is 12.8. The van der Waals surface area contributed by atoms with Gasteiger partial charge in [0.25, 0.3) is 5.91 Å². The Labute approximate surface area is 170 Å². The number of hydrogen-bond acceptors (Lipinski definition) is 3. The third-order valence-electron chi connectivity index (χ3n) is 5.69. The van der Waals surface area contributed by atoms with Crippen molar-refractivity contribution in [3.63, 3.8) is 0 Å². The van der Waals surface area contributed by atoms with E-state index in [4.69, 9.17) is 4.74 Å². The molecule has 1 unspecified atom stereocenters. The monoisotopic (exact) mass is 394 g/mol. The molecule has 0 spiro atoms. The molecule has 1 atom stereocenters. The number of ether oxygens (including phenoxy) is 1. The van der Waals surface area contributed by atoms with Crippen molar-refractivity contribution >= 4 is 18.3 Å². The fourth-order valence-electron chi connectivity index (χ4n) is 4.16. The van der Waals surface area contributed by atoms with E-state index in [0.29, 0.717) is 6.04 Å². The second-order valence-corrected chi connectivity index (χ2v) is 7.71. The van der Waals surface area contributed by atoms with Gasteiger partial charge in [-0.05, 0) is 82.3 Å². The average molecular weight is 395 g/mol. The summed E-state index contributed by atoms with van der Waals surface area (Å²) in [5.74, 6) is 1.04. The van der Waals surface area contributed by atoms with Gasteiger partial charge in [-0.1, -0.05) is 13.3 Å². The number of hydrogen-bond donors (Lipinski definition) is 0. The zero-order valence-corrected chi connectivity index (χ0v) is 17.5. The standard InChI is InChI=1S/C22H34N2O2.ClH/c1-2-18-26-21-11-9-19(10-12-21)22(25)24-16-7-4-8-20(24)13-17-23-14-5-3-6-15-23;/h9-12,20H,2-8,13-18H2,1H3;1H. The highest BCUT2D eigenvalue weighted by molar-refractivity contribution is 5.94. The first kappa shape index (κ1) is 22.0. The molecule has 5 heteroatoms. The molecule has 2 saturated heterocycles. The van der Waals surface area contributed by atoms with E-state index in [9.17, 15) is 4.79 Å². The highest BCUT2D eigenvalue weighted by Crippen LogP contribution is 2.24. The summed E-state index contributed by atoms with van der Waals surface area (Å²) in [5.41, 5.74) is 0.790. The molecular formula is C22H35ClN2O2. The topological polar surface area (TPSA) is 32.8 Å². The Morgan fingerprint density at radius 3 is 2.44 bits per heavy atom. The van der Waals surface area contributed by atoms with E-state index in [1.165, 1.54) is 38.8 Å². The van der Waals surface area contributed by atoms with Crippen LogP contribution in [-0.4, -0.2) is 54.5 Å². The number of piperidine rings is 2. The van der Waals surface area contributed by atoms with Gasteiger partial charge in [0, 0.05) is 24.7 Å². The van der Waals surface area contributed by atoms with Gasteiger partial charge in [0.15, 0.2) is 0 Å². The third-order valence-corrected chi connectivity index (χ3v) is 5.69. The Morgan fingerprint density at radius 1 is 1.04 bits per heavy atom. The van der Waals surface area contributed by atoms with E-state index in [1.54, 1.807) is 0 Å². The number of benzene rings is 1. The minimum atomic E-state index is 0. The third kappa shape index (κ3) is 6.39. The molecule has 1 aromatic carbocycles. The lowest BCUT2D eigenvalue weighted by molar-refractivity contribution is 0.0579. The number of nitrogens with zero attached hydrogens (tertiary/aromatic N) is 2. The predicted molar refractivity (Wildman–Crippen MR) is 113 cm³/mol. The van der Waals surface area contributed by atoms with Gasteiger partial charge in [-0.25, -0.2) is 0 Å². The maximum Gasteiger partial charge on any atom is 0.254 e. The van der Waals surface area contributed by atoms with Crippen molar-refractivity contribution in [3.8, 4) is 5.75 Å². The van der Waals surface area contributed by atoms with E-state index in [1.807, 2.05) is 24.3 Å². The van der Waals surface area contributed by atoms with E-state index < -0.39 is 0 Å². The normalized spacial score (nSPS) is 20.8. The van der Waals surface area contributed by atoms with E-state index >= 15 is 0 Å². The summed E-state index contributed by atoms with van der Waals surface area (Å²) in [6, 6.07) is 8.09. The molecule has 152 valence electrons. The van der Waals surface area contributed by atoms with Crippen LogP contribution in [0.4, 0.5) is 0 Å². The number of amides is 1. The lowest BCUT2D eigenvalue weighted by Gasteiger charge is -2.37. The van der Waals surface area contributed by atoms with Gasteiger partial charge in [0.1, 0.15) is 5.75 Å². The smallest absolute Gasteiger partial charge is 0.254 e. The molecule has 0 saturated carbocycles. The zero-order chi connectivity index (χ0) is 18.2. The number of halogens is 1.